The fourth-order valence-electron chi connectivity index (χ4n) is 2.02. The van der Waals surface area contributed by atoms with Crippen LogP contribution < -0.4 is 4.74 Å². The van der Waals surface area contributed by atoms with E-state index in [1.54, 1.807) is 30.3 Å². The zero-order valence-corrected chi connectivity index (χ0v) is 12.8. The summed E-state index contributed by atoms with van der Waals surface area (Å²) in [5.74, 6) is -0.563. The Labute approximate surface area is 132 Å². The molecule has 0 heterocycles. The fourth-order valence-corrected chi connectivity index (χ4v) is 2.55. The monoisotopic (exact) mass is 326 g/mol. The number of carbonyl (C=O) groups is 1. The molecule has 110 valence electrons. The van der Waals surface area contributed by atoms with Crippen LogP contribution in [0.3, 0.4) is 0 Å². The number of carbonyl (C=O) groups excluding carboxylic acids is 1. The number of ether oxygens (including phenoxy) is 1. The standard InChI is InChI=1S/C16H13Cl2FO2/c1-21-15-7-2-4-10(16(15)19)8-11(20)9-12-13(17)5-3-6-14(12)18/h2-7H,8-9H2,1H3. The normalized spacial score (nSPS) is 10.5. The summed E-state index contributed by atoms with van der Waals surface area (Å²) in [6.45, 7) is 0. The van der Waals surface area contributed by atoms with Gasteiger partial charge in [-0.3, -0.25) is 4.79 Å². The number of halogens is 3. The highest BCUT2D eigenvalue weighted by Gasteiger charge is 2.15. The Balaban J connectivity index is 2.16. The van der Waals surface area contributed by atoms with Crippen molar-refractivity contribution in [2.24, 2.45) is 0 Å². The zero-order chi connectivity index (χ0) is 15.4. The van der Waals surface area contributed by atoms with E-state index >= 15 is 0 Å². The van der Waals surface area contributed by atoms with Crippen LogP contribution in [0.1, 0.15) is 11.1 Å². The Morgan fingerprint density at radius 3 is 2.33 bits per heavy atom. The van der Waals surface area contributed by atoms with Gasteiger partial charge in [0.25, 0.3) is 0 Å². The molecule has 0 amide bonds. The third kappa shape index (κ3) is 3.74. The van der Waals surface area contributed by atoms with Crippen LogP contribution in [-0.4, -0.2) is 12.9 Å². The summed E-state index contributed by atoms with van der Waals surface area (Å²) in [6, 6.07) is 9.76. The van der Waals surface area contributed by atoms with Gasteiger partial charge in [-0.05, 0) is 29.3 Å². The van der Waals surface area contributed by atoms with Crippen LogP contribution >= 0.6 is 23.2 Å². The van der Waals surface area contributed by atoms with E-state index in [0.717, 1.165) is 0 Å². The smallest absolute Gasteiger partial charge is 0.168 e. The van der Waals surface area contributed by atoms with Gasteiger partial charge in [0.2, 0.25) is 0 Å². The predicted molar refractivity (Wildman–Crippen MR) is 81.8 cm³/mol. The third-order valence-electron chi connectivity index (χ3n) is 3.09. The van der Waals surface area contributed by atoms with Crippen LogP contribution in [0.25, 0.3) is 0 Å². The minimum Gasteiger partial charge on any atom is -0.494 e. The van der Waals surface area contributed by atoms with Crippen molar-refractivity contribution in [2.45, 2.75) is 12.8 Å². The molecule has 0 bridgehead atoms. The average molecular weight is 327 g/mol. The SMILES string of the molecule is COc1cccc(CC(=O)Cc2c(Cl)cccc2Cl)c1F. The lowest BCUT2D eigenvalue weighted by Crippen LogP contribution is -2.09. The molecule has 2 nitrogen and oxygen atoms in total. The van der Waals surface area contributed by atoms with Crippen LogP contribution in [0.15, 0.2) is 36.4 Å². The molecule has 21 heavy (non-hydrogen) atoms. The molecule has 0 atom stereocenters. The Kier molecular flexibility index (Phi) is 5.21. The average Bonchev–Trinajstić information content (AvgIpc) is 2.45. The number of hydrogen-bond donors (Lipinski definition) is 0. The number of methoxy groups -OCH3 is 1. The summed E-state index contributed by atoms with van der Waals surface area (Å²) in [5.41, 5.74) is 0.858. The maximum Gasteiger partial charge on any atom is 0.168 e. The van der Waals surface area contributed by atoms with Crippen molar-refractivity contribution in [3.05, 3.63) is 63.4 Å². The molecule has 5 heteroatoms. The molecule has 0 aliphatic carbocycles. The van der Waals surface area contributed by atoms with Gasteiger partial charge in [0.05, 0.1) is 7.11 Å². The van der Waals surface area contributed by atoms with Crippen LogP contribution in [0.5, 0.6) is 5.75 Å². The highest BCUT2D eigenvalue weighted by atomic mass is 35.5. The lowest BCUT2D eigenvalue weighted by atomic mass is 10.0. The summed E-state index contributed by atoms with van der Waals surface area (Å²) in [4.78, 5) is 12.1. The zero-order valence-electron chi connectivity index (χ0n) is 11.3. The van der Waals surface area contributed by atoms with Crippen molar-refractivity contribution in [1.29, 1.82) is 0 Å². The molecular formula is C16H13Cl2FO2. The van der Waals surface area contributed by atoms with E-state index in [2.05, 4.69) is 0 Å². The van der Waals surface area contributed by atoms with E-state index in [9.17, 15) is 9.18 Å². The van der Waals surface area contributed by atoms with Gasteiger partial charge in [0.1, 0.15) is 5.78 Å². The second kappa shape index (κ2) is 6.92. The number of Topliss-reactive ketones (excluding diaryl/α,β-unsaturated/α-hetero) is 1. The predicted octanol–water partition coefficient (Wildman–Crippen LogP) is 4.50. The first-order valence-electron chi connectivity index (χ1n) is 6.29. The van der Waals surface area contributed by atoms with Crippen LogP contribution in [0.2, 0.25) is 10.0 Å². The molecular weight excluding hydrogens is 314 g/mol. The van der Waals surface area contributed by atoms with Crippen molar-refractivity contribution in [1.82, 2.24) is 0 Å². The van der Waals surface area contributed by atoms with E-state index in [1.807, 2.05) is 0 Å². The summed E-state index contributed by atoms with van der Waals surface area (Å²) in [7, 11) is 1.38. The van der Waals surface area contributed by atoms with Crippen LogP contribution in [0.4, 0.5) is 4.39 Å². The number of benzene rings is 2. The molecule has 0 aliphatic rings. The van der Waals surface area contributed by atoms with E-state index in [4.69, 9.17) is 27.9 Å². The lowest BCUT2D eigenvalue weighted by Gasteiger charge is -2.08. The number of ketones is 1. The van der Waals surface area contributed by atoms with Gasteiger partial charge in [-0.1, -0.05) is 41.4 Å². The molecule has 2 aromatic carbocycles. The first-order valence-corrected chi connectivity index (χ1v) is 7.04. The maximum atomic E-state index is 14.0. The lowest BCUT2D eigenvalue weighted by molar-refractivity contribution is -0.117. The number of rotatable bonds is 5. The Morgan fingerprint density at radius 2 is 1.71 bits per heavy atom. The van der Waals surface area contributed by atoms with Gasteiger partial charge in [0, 0.05) is 22.9 Å². The first-order chi connectivity index (χ1) is 10.0. The van der Waals surface area contributed by atoms with E-state index < -0.39 is 5.82 Å². The molecule has 2 rings (SSSR count). The molecule has 0 radical (unpaired) electrons. The van der Waals surface area contributed by atoms with Gasteiger partial charge in [-0.15, -0.1) is 0 Å². The minimum atomic E-state index is -0.515. The maximum absolute atomic E-state index is 14.0. The minimum absolute atomic E-state index is 0.0371. The van der Waals surface area contributed by atoms with Crippen molar-refractivity contribution in [2.75, 3.05) is 7.11 Å². The molecule has 0 aromatic heterocycles. The van der Waals surface area contributed by atoms with Gasteiger partial charge in [-0.2, -0.15) is 0 Å². The molecule has 0 aliphatic heterocycles. The van der Waals surface area contributed by atoms with Gasteiger partial charge in [-0.25, -0.2) is 4.39 Å². The Hall–Kier alpha value is -1.58. The van der Waals surface area contributed by atoms with E-state index in [-0.39, 0.29) is 24.4 Å². The highest BCUT2D eigenvalue weighted by molar-refractivity contribution is 6.36. The summed E-state index contributed by atoms with van der Waals surface area (Å²) < 4.78 is 18.9. The second-order valence-electron chi connectivity index (χ2n) is 4.53. The summed E-state index contributed by atoms with van der Waals surface area (Å²) in [6.07, 6.45) is 0.0275. The van der Waals surface area contributed by atoms with Crippen molar-refractivity contribution in [3.8, 4) is 5.75 Å². The molecule has 0 saturated carbocycles. The largest absolute Gasteiger partial charge is 0.494 e. The van der Waals surface area contributed by atoms with E-state index in [1.165, 1.54) is 13.2 Å². The fraction of sp³-hybridized carbons (Fsp3) is 0.188. The molecule has 2 aromatic rings. The summed E-state index contributed by atoms with van der Waals surface area (Å²) in [5, 5.41) is 0.865. The molecule has 0 saturated heterocycles. The quantitative estimate of drug-likeness (QED) is 0.808. The van der Waals surface area contributed by atoms with Crippen LogP contribution in [0, 0.1) is 5.82 Å². The molecule has 0 unspecified atom stereocenters. The third-order valence-corrected chi connectivity index (χ3v) is 3.79. The van der Waals surface area contributed by atoms with Gasteiger partial charge < -0.3 is 4.74 Å². The van der Waals surface area contributed by atoms with Crippen molar-refractivity contribution < 1.29 is 13.9 Å². The second-order valence-corrected chi connectivity index (χ2v) is 5.34. The first kappa shape index (κ1) is 15.8. The summed E-state index contributed by atoms with van der Waals surface area (Å²) >= 11 is 12.0. The topological polar surface area (TPSA) is 26.3 Å². The van der Waals surface area contributed by atoms with Gasteiger partial charge in [0.15, 0.2) is 11.6 Å². The Morgan fingerprint density at radius 1 is 1.10 bits per heavy atom. The highest BCUT2D eigenvalue weighted by Crippen LogP contribution is 2.26. The van der Waals surface area contributed by atoms with E-state index in [0.29, 0.717) is 21.2 Å². The number of hydrogen-bond acceptors (Lipinski definition) is 2. The van der Waals surface area contributed by atoms with Crippen LogP contribution in [-0.2, 0) is 17.6 Å². The molecule has 0 spiro atoms. The Bertz CT molecular complexity index is 651. The molecule has 0 fully saturated rings. The van der Waals surface area contributed by atoms with Gasteiger partial charge >= 0.3 is 0 Å². The van der Waals surface area contributed by atoms with Crippen molar-refractivity contribution in [3.63, 3.8) is 0 Å². The molecule has 0 N–H and O–H groups in total. The van der Waals surface area contributed by atoms with Crippen molar-refractivity contribution >= 4 is 29.0 Å².